The molecule has 0 saturated carbocycles. The molecule has 1 atom stereocenters. The van der Waals surface area contributed by atoms with Gasteiger partial charge in [0.05, 0.1) is 11.5 Å². The first-order valence-corrected chi connectivity index (χ1v) is 6.79. The number of aromatic nitrogens is 1. The predicted molar refractivity (Wildman–Crippen MR) is 74.2 cm³/mol. The summed E-state index contributed by atoms with van der Waals surface area (Å²) in [6.07, 6.45) is 0.587. The van der Waals surface area contributed by atoms with Gasteiger partial charge in [0.1, 0.15) is 17.4 Å². The van der Waals surface area contributed by atoms with Gasteiger partial charge in [0.15, 0.2) is 6.29 Å². The van der Waals surface area contributed by atoms with Crippen molar-refractivity contribution in [2.45, 2.75) is 12.8 Å². The number of carbonyl (C=O) groups is 2. The van der Waals surface area contributed by atoms with Gasteiger partial charge in [-0.25, -0.2) is 4.98 Å². The number of ether oxygens (including phenoxy) is 1. The van der Waals surface area contributed by atoms with E-state index in [-0.39, 0.29) is 23.8 Å². The molecule has 0 aliphatic carbocycles. The van der Waals surface area contributed by atoms with Gasteiger partial charge in [-0.05, 0) is 24.6 Å². The lowest BCUT2D eigenvalue weighted by Crippen LogP contribution is -2.09. The molecule has 104 valence electrons. The van der Waals surface area contributed by atoms with Crippen LogP contribution in [0.1, 0.15) is 32.5 Å². The standard InChI is InChI=1S/C14H13NO4S/c1-9-7-20-14(15-9)12(6-19-8-17)10-2-3-13(18)11(4-10)5-16/h2-5,7-8,12,18H,6H2,1H3. The lowest BCUT2D eigenvalue weighted by Gasteiger charge is -2.14. The molecule has 0 fully saturated rings. The van der Waals surface area contributed by atoms with Crippen molar-refractivity contribution < 1.29 is 19.4 Å². The molecule has 6 heteroatoms. The molecule has 0 bridgehead atoms. The van der Waals surface area contributed by atoms with Crippen molar-refractivity contribution in [3.63, 3.8) is 0 Å². The van der Waals surface area contributed by atoms with E-state index in [1.165, 1.54) is 17.4 Å². The maximum absolute atomic E-state index is 10.9. The SMILES string of the molecule is Cc1csc(C(COC=O)c2ccc(O)c(C=O)c2)n1. The van der Waals surface area contributed by atoms with E-state index in [4.69, 9.17) is 4.74 Å². The number of thiazole rings is 1. The molecular weight excluding hydrogens is 278 g/mol. The average Bonchev–Trinajstić information content (AvgIpc) is 2.87. The minimum absolute atomic E-state index is 0.0749. The van der Waals surface area contributed by atoms with Gasteiger partial charge < -0.3 is 9.84 Å². The zero-order valence-corrected chi connectivity index (χ0v) is 11.6. The number of nitrogens with zero attached hydrogens (tertiary/aromatic N) is 1. The third-order valence-corrected chi connectivity index (χ3v) is 3.92. The molecule has 1 heterocycles. The van der Waals surface area contributed by atoms with Gasteiger partial charge in [0.2, 0.25) is 0 Å². The van der Waals surface area contributed by atoms with Crippen LogP contribution in [-0.4, -0.2) is 29.5 Å². The number of aromatic hydroxyl groups is 1. The first kappa shape index (κ1) is 14.2. The molecule has 0 radical (unpaired) electrons. The summed E-state index contributed by atoms with van der Waals surface area (Å²) in [5.74, 6) is -0.327. The summed E-state index contributed by atoms with van der Waals surface area (Å²) < 4.78 is 4.85. The minimum atomic E-state index is -0.252. The first-order chi connectivity index (χ1) is 9.65. The number of benzene rings is 1. The van der Waals surface area contributed by atoms with E-state index in [2.05, 4.69) is 4.98 Å². The summed E-state index contributed by atoms with van der Waals surface area (Å²) in [4.78, 5) is 25.7. The van der Waals surface area contributed by atoms with E-state index in [1.54, 1.807) is 12.1 Å². The fraction of sp³-hybridized carbons (Fsp3) is 0.214. The molecule has 1 aromatic carbocycles. The molecule has 2 aromatic rings. The number of hydrogen-bond acceptors (Lipinski definition) is 6. The van der Waals surface area contributed by atoms with E-state index in [9.17, 15) is 14.7 Å². The Morgan fingerprint density at radius 1 is 1.45 bits per heavy atom. The summed E-state index contributed by atoms with van der Waals surface area (Å²) in [5, 5.41) is 12.2. The molecule has 0 amide bonds. The summed E-state index contributed by atoms with van der Waals surface area (Å²) in [6, 6.07) is 4.73. The Kier molecular flexibility index (Phi) is 4.47. The Hall–Kier alpha value is -2.21. The Balaban J connectivity index is 2.40. The second kappa shape index (κ2) is 6.29. The van der Waals surface area contributed by atoms with E-state index >= 15 is 0 Å². The number of phenolic OH excluding ortho intramolecular Hbond substituents is 1. The zero-order valence-electron chi connectivity index (χ0n) is 10.8. The highest BCUT2D eigenvalue weighted by atomic mass is 32.1. The van der Waals surface area contributed by atoms with Crippen LogP contribution in [0.5, 0.6) is 5.75 Å². The van der Waals surface area contributed by atoms with Gasteiger partial charge in [0.25, 0.3) is 6.47 Å². The highest BCUT2D eigenvalue weighted by Gasteiger charge is 2.19. The normalized spacial score (nSPS) is 11.8. The Morgan fingerprint density at radius 3 is 2.85 bits per heavy atom. The maximum atomic E-state index is 10.9. The highest BCUT2D eigenvalue weighted by molar-refractivity contribution is 7.09. The fourth-order valence-corrected chi connectivity index (χ4v) is 2.77. The monoisotopic (exact) mass is 291 g/mol. The van der Waals surface area contributed by atoms with Crippen LogP contribution in [0.25, 0.3) is 0 Å². The predicted octanol–water partition coefficient (Wildman–Crippen LogP) is 2.27. The van der Waals surface area contributed by atoms with Crippen LogP contribution < -0.4 is 0 Å². The number of aldehydes is 1. The average molecular weight is 291 g/mol. The van der Waals surface area contributed by atoms with E-state index in [0.717, 1.165) is 16.3 Å². The molecule has 20 heavy (non-hydrogen) atoms. The fourth-order valence-electron chi connectivity index (χ4n) is 1.86. The van der Waals surface area contributed by atoms with Crippen molar-refractivity contribution >= 4 is 24.1 Å². The zero-order chi connectivity index (χ0) is 14.5. The van der Waals surface area contributed by atoms with E-state index in [0.29, 0.717) is 12.8 Å². The smallest absolute Gasteiger partial charge is 0.293 e. The van der Waals surface area contributed by atoms with Gasteiger partial charge >= 0.3 is 0 Å². The number of rotatable bonds is 6. The van der Waals surface area contributed by atoms with Crippen LogP contribution in [0.2, 0.25) is 0 Å². The molecule has 5 nitrogen and oxygen atoms in total. The third-order valence-electron chi connectivity index (χ3n) is 2.85. The molecule has 0 aliphatic heterocycles. The Morgan fingerprint density at radius 2 is 2.25 bits per heavy atom. The lowest BCUT2D eigenvalue weighted by molar-refractivity contribution is -0.128. The van der Waals surface area contributed by atoms with Crippen molar-refractivity contribution in [2.75, 3.05) is 6.61 Å². The van der Waals surface area contributed by atoms with Crippen molar-refractivity contribution in [2.24, 2.45) is 0 Å². The summed E-state index contributed by atoms with van der Waals surface area (Å²) >= 11 is 1.46. The van der Waals surface area contributed by atoms with E-state index in [1.807, 2.05) is 12.3 Å². The van der Waals surface area contributed by atoms with Crippen molar-refractivity contribution in [3.05, 3.63) is 45.4 Å². The van der Waals surface area contributed by atoms with Crippen LogP contribution in [0.4, 0.5) is 0 Å². The lowest BCUT2D eigenvalue weighted by atomic mass is 9.98. The van der Waals surface area contributed by atoms with Gasteiger partial charge in [-0.15, -0.1) is 11.3 Å². The van der Waals surface area contributed by atoms with Gasteiger partial charge in [-0.1, -0.05) is 6.07 Å². The van der Waals surface area contributed by atoms with Gasteiger partial charge in [-0.3, -0.25) is 9.59 Å². The summed E-state index contributed by atoms with van der Waals surface area (Å²) in [7, 11) is 0. The first-order valence-electron chi connectivity index (χ1n) is 5.91. The second-order valence-corrected chi connectivity index (χ2v) is 5.14. The molecule has 0 aliphatic rings. The van der Waals surface area contributed by atoms with Crippen LogP contribution in [0, 0.1) is 6.92 Å². The van der Waals surface area contributed by atoms with E-state index < -0.39 is 0 Å². The number of aryl methyl sites for hydroxylation is 1. The summed E-state index contributed by atoms with van der Waals surface area (Å²) in [6.45, 7) is 2.40. The number of carbonyl (C=O) groups excluding carboxylic acids is 2. The molecule has 0 saturated heterocycles. The largest absolute Gasteiger partial charge is 0.507 e. The Bertz CT molecular complexity index is 623. The summed E-state index contributed by atoms with van der Waals surface area (Å²) in [5.41, 5.74) is 1.85. The highest BCUT2D eigenvalue weighted by Crippen LogP contribution is 2.30. The van der Waals surface area contributed by atoms with Gasteiger partial charge in [-0.2, -0.15) is 0 Å². The molecule has 0 spiro atoms. The number of phenols is 1. The second-order valence-electron chi connectivity index (χ2n) is 4.25. The third kappa shape index (κ3) is 3.03. The Labute approximate surface area is 119 Å². The minimum Gasteiger partial charge on any atom is -0.507 e. The molecular formula is C14H13NO4S. The molecule has 1 N–H and O–H groups in total. The number of hydrogen-bond donors (Lipinski definition) is 1. The maximum Gasteiger partial charge on any atom is 0.293 e. The van der Waals surface area contributed by atoms with Crippen molar-refractivity contribution in [1.82, 2.24) is 4.98 Å². The van der Waals surface area contributed by atoms with Crippen LogP contribution >= 0.6 is 11.3 Å². The molecule has 1 unspecified atom stereocenters. The quantitative estimate of drug-likeness (QED) is 0.826. The van der Waals surface area contributed by atoms with Crippen molar-refractivity contribution in [1.29, 1.82) is 0 Å². The molecule has 1 aromatic heterocycles. The van der Waals surface area contributed by atoms with Gasteiger partial charge in [0, 0.05) is 11.1 Å². The van der Waals surface area contributed by atoms with Crippen LogP contribution in [0.3, 0.4) is 0 Å². The topological polar surface area (TPSA) is 76.5 Å². The molecule has 2 rings (SSSR count). The van der Waals surface area contributed by atoms with Crippen LogP contribution in [0.15, 0.2) is 23.6 Å². The van der Waals surface area contributed by atoms with Crippen molar-refractivity contribution in [3.8, 4) is 5.75 Å². The van der Waals surface area contributed by atoms with Crippen LogP contribution in [-0.2, 0) is 9.53 Å².